The van der Waals surface area contributed by atoms with E-state index in [-0.39, 0.29) is 10.9 Å². The Balaban J connectivity index is 2.71. The molecule has 2 atom stereocenters. The largest absolute Gasteiger partial charge is 0.374 e. The Morgan fingerprint density at radius 1 is 1.64 bits per heavy atom. The van der Waals surface area contributed by atoms with Crippen molar-refractivity contribution in [1.29, 1.82) is 4.78 Å². The van der Waals surface area contributed by atoms with Gasteiger partial charge in [-0.25, -0.2) is 4.21 Å². The smallest absolute Gasteiger partial charge is 0.0686 e. The minimum Gasteiger partial charge on any atom is -0.374 e. The first kappa shape index (κ1) is 9.00. The highest BCUT2D eigenvalue weighted by atomic mass is 32.2. The number of nitrogens with one attached hydrogen (secondary N) is 1. The van der Waals surface area contributed by atoms with Gasteiger partial charge in [0.05, 0.1) is 17.5 Å². The molecule has 0 aromatic heterocycles. The topological polar surface area (TPSA) is 50.2 Å². The Kier molecular flexibility index (Phi) is 2.01. The minimum absolute atomic E-state index is 0.0718. The van der Waals surface area contributed by atoms with Crippen LogP contribution in [0.25, 0.3) is 0 Å². The zero-order valence-electron chi connectivity index (χ0n) is 7.22. The van der Waals surface area contributed by atoms with Crippen LogP contribution in [0.2, 0.25) is 0 Å². The van der Waals surface area contributed by atoms with Crippen LogP contribution < -0.4 is 0 Å². The molecule has 3 nitrogen and oxygen atoms in total. The summed E-state index contributed by atoms with van der Waals surface area (Å²) in [5, 5.41) is -0.0718. The summed E-state index contributed by atoms with van der Waals surface area (Å²) in [7, 11) is -2.40. The van der Waals surface area contributed by atoms with Gasteiger partial charge >= 0.3 is 0 Å². The Bertz CT molecular complexity index is 243. The molecule has 2 unspecified atom stereocenters. The van der Waals surface area contributed by atoms with E-state index in [4.69, 9.17) is 9.52 Å². The summed E-state index contributed by atoms with van der Waals surface area (Å²) in [5.74, 6) is 0. The monoisotopic (exact) mass is 177 g/mol. The molecule has 0 amide bonds. The summed E-state index contributed by atoms with van der Waals surface area (Å²) in [4.78, 5) is 0. The summed E-state index contributed by atoms with van der Waals surface area (Å²) in [6.07, 6.45) is 2.23. The second-order valence-corrected chi connectivity index (χ2v) is 6.28. The van der Waals surface area contributed by atoms with Crippen LogP contribution in [-0.2, 0) is 14.5 Å². The van der Waals surface area contributed by atoms with Crippen LogP contribution in [0.5, 0.6) is 0 Å². The highest BCUT2D eigenvalue weighted by molar-refractivity contribution is 7.92. The zero-order chi connectivity index (χ0) is 8.70. The minimum atomic E-state index is -2.40. The van der Waals surface area contributed by atoms with E-state index in [9.17, 15) is 4.21 Å². The predicted octanol–water partition coefficient (Wildman–Crippen LogP) is 1.23. The third-order valence-electron chi connectivity index (χ3n) is 2.02. The van der Waals surface area contributed by atoms with Gasteiger partial charge in [0, 0.05) is 16.0 Å². The SMILES string of the molecule is CC1(C)CC(S(C)(=N)=O)CO1. The lowest BCUT2D eigenvalue weighted by Crippen LogP contribution is -2.21. The lowest BCUT2D eigenvalue weighted by atomic mass is 10.1. The van der Waals surface area contributed by atoms with Crippen LogP contribution >= 0.6 is 0 Å². The molecule has 11 heavy (non-hydrogen) atoms. The fourth-order valence-electron chi connectivity index (χ4n) is 1.27. The molecule has 1 rings (SSSR count). The van der Waals surface area contributed by atoms with Crippen LogP contribution in [0.15, 0.2) is 0 Å². The highest BCUT2D eigenvalue weighted by Gasteiger charge is 2.35. The third kappa shape index (κ3) is 2.17. The molecular weight excluding hydrogens is 162 g/mol. The molecule has 0 spiro atoms. The van der Waals surface area contributed by atoms with Crippen molar-refractivity contribution < 1.29 is 8.95 Å². The zero-order valence-corrected chi connectivity index (χ0v) is 8.03. The van der Waals surface area contributed by atoms with Gasteiger partial charge in [-0.1, -0.05) is 0 Å². The van der Waals surface area contributed by atoms with E-state index in [1.807, 2.05) is 13.8 Å². The standard InChI is InChI=1S/C7H15NO2S/c1-7(2)4-6(5-10-7)11(3,8)9/h6,8H,4-5H2,1-3H3. The van der Waals surface area contributed by atoms with Crippen molar-refractivity contribution >= 4 is 9.73 Å². The number of hydrogen-bond acceptors (Lipinski definition) is 3. The molecule has 1 aliphatic rings. The summed E-state index contributed by atoms with van der Waals surface area (Å²) in [6, 6.07) is 0. The molecule has 1 fully saturated rings. The molecule has 0 bridgehead atoms. The van der Waals surface area contributed by atoms with Crippen molar-refractivity contribution in [2.24, 2.45) is 0 Å². The van der Waals surface area contributed by atoms with Crippen LogP contribution in [0.1, 0.15) is 20.3 Å². The average molecular weight is 177 g/mol. The second-order valence-electron chi connectivity index (χ2n) is 3.80. The Hall–Kier alpha value is -0.0900. The lowest BCUT2D eigenvalue weighted by Gasteiger charge is -2.15. The van der Waals surface area contributed by atoms with Crippen molar-refractivity contribution in [3.8, 4) is 0 Å². The van der Waals surface area contributed by atoms with Crippen molar-refractivity contribution in [2.75, 3.05) is 12.9 Å². The first-order valence-electron chi connectivity index (χ1n) is 3.68. The van der Waals surface area contributed by atoms with Gasteiger partial charge in [0.25, 0.3) is 0 Å². The first-order chi connectivity index (χ1) is 4.81. The fourth-order valence-corrected chi connectivity index (χ4v) is 2.32. The van der Waals surface area contributed by atoms with E-state index in [1.54, 1.807) is 0 Å². The van der Waals surface area contributed by atoms with Gasteiger partial charge in [-0.3, -0.25) is 4.78 Å². The van der Waals surface area contributed by atoms with Gasteiger partial charge in [0.2, 0.25) is 0 Å². The third-order valence-corrected chi connectivity index (χ3v) is 3.59. The van der Waals surface area contributed by atoms with Gasteiger partial charge in [-0.15, -0.1) is 0 Å². The van der Waals surface area contributed by atoms with E-state index < -0.39 is 9.73 Å². The van der Waals surface area contributed by atoms with Crippen molar-refractivity contribution in [1.82, 2.24) is 0 Å². The quantitative estimate of drug-likeness (QED) is 0.655. The molecule has 0 saturated carbocycles. The maximum atomic E-state index is 11.3. The molecular formula is C7H15NO2S. The van der Waals surface area contributed by atoms with Gasteiger partial charge in [-0.2, -0.15) is 0 Å². The second kappa shape index (κ2) is 2.45. The molecule has 66 valence electrons. The summed E-state index contributed by atoms with van der Waals surface area (Å²) >= 11 is 0. The summed E-state index contributed by atoms with van der Waals surface area (Å²) in [5.41, 5.74) is -0.176. The van der Waals surface area contributed by atoms with Crippen molar-refractivity contribution in [3.05, 3.63) is 0 Å². The van der Waals surface area contributed by atoms with Crippen LogP contribution in [-0.4, -0.2) is 27.9 Å². The van der Waals surface area contributed by atoms with E-state index in [0.717, 1.165) is 6.42 Å². The number of rotatable bonds is 1. The van der Waals surface area contributed by atoms with Crippen molar-refractivity contribution in [2.45, 2.75) is 31.1 Å². The van der Waals surface area contributed by atoms with Crippen LogP contribution in [0, 0.1) is 4.78 Å². The van der Waals surface area contributed by atoms with Crippen LogP contribution in [0.3, 0.4) is 0 Å². The molecule has 0 aromatic rings. The summed E-state index contributed by atoms with van der Waals surface area (Å²) in [6.45, 7) is 4.42. The first-order valence-corrected chi connectivity index (χ1v) is 5.71. The van der Waals surface area contributed by atoms with Gasteiger partial charge < -0.3 is 4.74 Å². The number of hydrogen-bond donors (Lipinski definition) is 1. The Labute approximate surface area is 68.1 Å². The predicted molar refractivity (Wildman–Crippen MR) is 45.2 cm³/mol. The maximum Gasteiger partial charge on any atom is 0.0686 e. The van der Waals surface area contributed by atoms with E-state index >= 15 is 0 Å². The van der Waals surface area contributed by atoms with Gasteiger partial charge in [0.15, 0.2) is 0 Å². The van der Waals surface area contributed by atoms with Crippen molar-refractivity contribution in [3.63, 3.8) is 0 Å². The van der Waals surface area contributed by atoms with Gasteiger partial charge in [0.1, 0.15) is 0 Å². The molecule has 0 aromatic carbocycles. The molecule has 1 N–H and O–H groups in total. The maximum absolute atomic E-state index is 11.3. The fraction of sp³-hybridized carbons (Fsp3) is 1.00. The normalized spacial score (nSPS) is 35.0. The molecule has 0 radical (unpaired) electrons. The van der Waals surface area contributed by atoms with Crippen LogP contribution in [0.4, 0.5) is 0 Å². The van der Waals surface area contributed by atoms with E-state index in [0.29, 0.717) is 6.61 Å². The molecule has 1 aliphatic heterocycles. The molecule has 1 heterocycles. The highest BCUT2D eigenvalue weighted by Crippen LogP contribution is 2.28. The van der Waals surface area contributed by atoms with E-state index in [2.05, 4.69) is 0 Å². The molecule has 1 saturated heterocycles. The Morgan fingerprint density at radius 3 is 2.36 bits per heavy atom. The number of ether oxygens (including phenoxy) is 1. The lowest BCUT2D eigenvalue weighted by molar-refractivity contribution is 0.0368. The Morgan fingerprint density at radius 2 is 2.18 bits per heavy atom. The molecule has 0 aliphatic carbocycles. The average Bonchev–Trinajstić information content (AvgIpc) is 2.07. The molecule has 4 heteroatoms. The van der Waals surface area contributed by atoms with Gasteiger partial charge in [-0.05, 0) is 20.3 Å². The summed E-state index contributed by atoms with van der Waals surface area (Å²) < 4.78 is 24.0. The van der Waals surface area contributed by atoms with E-state index in [1.165, 1.54) is 6.26 Å².